The van der Waals surface area contributed by atoms with Crippen LogP contribution in [0.1, 0.15) is 40.9 Å². The van der Waals surface area contributed by atoms with Crippen LogP contribution < -0.4 is 5.73 Å². The van der Waals surface area contributed by atoms with Crippen molar-refractivity contribution in [3.8, 4) is 0 Å². The average molecular weight is 328 g/mol. The van der Waals surface area contributed by atoms with Gasteiger partial charge in [-0.05, 0) is 30.4 Å². The van der Waals surface area contributed by atoms with Gasteiger partial charge in [0.1, 0.15) is 17.7 Å². The molecule has 0 unspecified atom stereocenters. The number of hydrogen-bond donors (Lipinski definition) is 1. The van der Waals surface area contributed by atoms with Gasteiger partial charge in [-0.3, -0.25) is 4.79 Å². The van der Waals surface area contributed by atoms with Gasteiger partial charge in [0.05, 0.1) is 6.04 Å². The van der Waals surface area contributed by atoms with Crippen LogP contribution in [0.2, 0.25) is 0 Å². The number of thiophene rings is 1. The number of likely N-dealkylation sites (tertiary alicyclic amines) is 1. The largest absolute Gasteiger partial charge is 0.383 e. The molecule has 23 heavy (non-hydrogen) atoms. The number of carbonyl (C=O) groups excluding carboxylic acids is 1. The van der Waals surface area contributed by atoms with Gasteiger partial charge in [0.2, 0.25) is 0 Å². The van der Waals surface area contributed by atoms with Crippen LogP contribution in [-0.4, -0.2) is 33.4 Å². The molecule has 2 aromatic heterocycles. The van der Waals surface area contributed by atoms with Gasteiger partial charge < -0.3 is 10.6 Å². The van der Waals surface area contributed by atoms with E-state index in [2.05, 4.69) is 33.6 Å². The molecular formula is C17H20N4OS. The number of carbonyl (C=O) groups is 1. The second-order valence-electron chi connectivity index (χ2n) is 5.61. The minimum atomic E-state index is -0.0779. The normalized spacial score (nSPS) is 19.0. The van der Waals surface area contributed by atoms with Crippen molar-refractivity contribution in [2.24, 2.45) is 0 Å². The Kier molecular flexibility index (Phi) is 5.02. The standard InChI is InChI=1S/C17H20N4OS/c18-16-15(11-19-12-20-16)17(22)21-9-3-1-2-5-13(21)7-8-14-6-4-10-23-14/h4,6-8,10-13H,1-3,5,9H2,(H2,18,19,20)/b8-7+/t13-/m0/s1. The van der Waals surface area contributed by atoms with Crippen molar-refractivity contribution in [3.05, 3.63) is 46.6 Å². The molecule has 1 aliphatic heterocycles. The summed E-state index contributed by atoms with van der Waals surface area (Å²) in [6.45, 7) is 0.743. The highest BCUT2D eigenvalue weighted by Crippen LogP contribution is 2.22. The highest BCUT2D eigenvalue weighted by molar-refractivity contribution is 7.10. The maximum Gasteiger partial charge on any atom is 0.259 e. The molecular weight excluding hydrogens is 308 g/mol. The maximum atomic E-state index is 12.9. The van der Waals surface area contributed by atoms with E-state index in [4.69, 9.17) is 5.73 Å². The Labute approximate surface area is 139 Å². The number of rotatable bonds is 3. The Bertz CT molecular complexity index is 684. The zero-order chi connectivity index (χ0) is 16.1. The van der Waals surface area contributed by atoms with Gasteiger partial charge in [-0.15, -0.1) is 11.3 Å². The molecule has 1 atom stereocenters. The topological polar surface area (TPSA) is 72.1 Å². The van der Waals surface area contributed by atoms with E-state index >= 15 is 0 Å². The Hall–Kier alpha value is -2.21. The lowest BCUT2D eigenvalue weighted by Crippen LogP contribution is -2.39. The summed E-state index contributed by atoms with van der Waals surface area (Å²) in [5.41, 5.74) is 6.24. The van der Waals surface area contributed by atoms with Gasteiger partial charge in [-0.1, -0.05) is 25.0 Å². The number of nitrogens with two attached hydrogens (primary N) is 1. The molecule has 0 bridgehead atoms. The number of hydrogen-bond acceptors (Lipinski definition) is 5. The number of aromatic nitrogens is 2. The molecule has 120 valence electrons. The first-order chi connectivity index (χ1) is 11.3. The molecule has 1 saturated heterocycles. The van der Waals surface area contributed by atoms with E-state index < -0.39 is 0 Å². The van der Waals surface area contributed by atoms with E-state index in [1.54, 1.807) is 11.3 Å². The third-order valence-corrected chi connectivity index (χ3v) is 4.90. The summed E-state index contributed by atoms with van der Waals surface area (Å²) in [5.74, 6) is 0.168. The fourth-order valence-corrected chi connectivity index (χ4v) is 3.47. The molecule has 0 spiro atoms. The zero-order valence-electron chi connectivity index (χ0n) is 12.9. The van der Waals surface area contributed by atoms with Crippen LogP contribution in [0.5, 0.6) is 0 Å². The Morgan fingerprint density at radius 1 is 1.39 bits per heavy atom. The minimum absolute atomic E-state index is 0.0779. The number of amides is 1. The molecule has 1 fully saturated rings. The fraction of sp³-hybridized carbons (Fsp3) is 0.353. The summed E-state index contributed by atoms with van der Waals surface area (Å²) < 4.78 is 0. The van der Waals surface area contributed by atoms with Crippen molar-refractivity contribution in [3.63, 3.8) is 0 Å². The monoisotopic (exact) mass is 328 g/mol. The van der Waals surface area contributed by atoms with E-state index in [1.165, 1.54) is 17.4 Å². The van der Waals surface area contributed by atoms with E-state index in [0.29, 0.717) is 5.56 Å². The number of anilines is 1. The predicted octanol–water partition coefficient (Wildman–Crippen LogP) is 3.22. The summed E-state index contributed by atoms with van der Waals surface area (Å²) in [6, 6.07) is 4.20. The average Bonchev–Trinajstić information content (AvgIpc) is 2.97. The molecule has 2 N–H and O–H groups in total. The van der Waals surface area contributed by atoms with E-state index in [-0.39, 0.29) is 17.8 Å². The third kappa shape index (κ3) is 3.76. The van der Waals surface area contributed by atoms with E-state index in [9.17, 15) is 4.79 Å². The Morgan fingerprint density at radius 3 is 3.09 bits per heavy atom. The van der Waals surface area contributed by atoms with Crippen molar-refractivity contribution in [2.75, 3.05) is 12.3 Å². The van der Waals surface area contributed by atoms with Crippen LogP contribution in [0.4, 0.5) is 5.82 Å². The van der Waals surface area contributed by atoms with Crippen LogP contribution in [0.25, 0.3) is 6.08 Å². The maximum absolute atomic E-state index is 12.9. The summed E-state index contributed by atoms with van der Waals surface area (Å²) >= 11 is 1.69. The van der Waals surface area contributed by atoms with Gasteiger partial charge in [-0.2, -0.15) is 0 Å². The van der Waals surface area contributed by atoms with Gasteiger partial charge in [0, 0.05) is 17.6 Å². The van der Waals surface area contributed by atoms with Crippen molar-refractivity contribution >= 4 is 29.1 Å². The van der Waals surface area contributed by atoms with Gasteiger partial charge in [0.15, 0.2) is 0 Å². The predicted molar refractivity (Wildman–Crippen MR) is 93.1 cm³/mol. The summed E-state index contributed by atoms with van der Waals surface area (Å²) in [4.78, 5) is 23.9. The molecule has 5 nitrogen and oxygen atoms in total. The van der Waals surface area contributed by atoms with Gasteiger partial charge in [-0.25, -0.2) is 9.97 Å². The fourth-order valence-electron chi connectivity index (χ4n) is 2.84. The van der Waals surface area contributed by atoms with Crippen molar-refractivity contribution < 1.29 is 4.79 Å². The van der Waals surface area contributed by atoms with Crippen LogP contribution in [0.15, 0.2) is 36.1 Å². The van der Waals surface area contributed by atoms with Crippen LogP contribution in [0, 0.1) is 0 Å². The summed E-state index contributed by atoms with van der Waals surface area (Å²) in [6.07, 6.45) is 11.4. The van der Waals surface area contributed by atoms with Crippen LogP contribution in [-0.2, 0) is 0 Å². The van der Waals surface area contributed by atoms with Crippen molar-refractivity contribution in [2.45, 2.75) is 31.7 Å². The molecule has 0 aliphatic carbocycles. The lowest BCUT2D eigenvalue weighted by atomic mass is 10.1. The molecule has 0 aromatic carbocycles. The van der Waals surface area contributed by atoms with Gasteiger partial charge in [0.25, 0.3) is 5.91 Å². The van der Waals surface area contributed by atoms with Crippen molar-refractivity contribution in [1.82, 2.24) is 14.9 Å². The SMILES string of the molecule is Nc1ncncc1C(=O)N1CCCCC[C@H]1/C=C/c1cccs1. The van der Waals surface area contributed by atoms with Crippen LogP contribution >= 0.6 is 11.3 Å². The Balaban J connectivity index is 1.84. The molecule has 3 heterocycles. The molecule has 6 heteroatoms. The quantitative estimate of drug-likeness (QED) is 0.939. The molecule has 1 amide bonds. The number of nitrogen functional groups attached to an aromatic ring is 1. The summed E-state index contributed by atoms with van der Waals surface area (Å²) in [5, 5.41) is 2.05. The first-order valence-corrected chi connectivity index (χ1v) is 8.72. The highest BCUT2D eigenvalue weighted by atomic mass is 32.1. The van der Waals surface area contributed by atoms with E-state index in [1.807, 2.05) is 11.0 Å². The first kappa shape index (κ1) is 15.7. The zero-order valence-corrected chi connectivity index (χ0v) is 13.7. The molecule has 3 rings (SSSR count). The first-order valence-electron chi connectivity index (χ1n) is 7.84. The lowest BCUT2D eigenvalue weighted by Gasteiger charge is -2.28. The molecule has 1 aliphatic rings. The lowest BCUT2D eigenvalue weighted by molar-refractivity contribution is 0.0719. The van der Waals surface area contributed by atoms with Crippen molar-refractivity contribution in [1.29, 1.82) is 0 Å². The molecule has 0 saturated carbocycles. The van der Waals surface area contributed by atoms with Crippen LogP contribution in [0.3, 0.4) is 0 Å². The second-order valence-corrected chi connectivity index (χ2v) is 6.59. The molecule has 2 aromatic rings. The van der Waals surface area contributed by atoms with Gasteiger partial charge >= 0.3 is 0 Å². The van der Waals surface area contributed by atoms with E-state index in [0.717, 1.165) is 32.2 Å². The smallest absolute Gasteiger partial charge is 0.259 e. The number of nitrogens with zero attached hydrogens (tertiary/aromatic N) is 3. The minimum Gasteiger partial charge on any atom is -0.383 e. The molecule has 0 radical (unpaired) electrons. The second kappa shape index (κ2) is 7.37. The third-order valence-electron chi connectivity index (χ3n) is 4.06. The summed E-state index contributed by atoms with van der Waals surface area (Å²) in [7, 11) is 0. The highest BCUT2D eigenvalue weighted by Gasteiger charge is 2.26. The Morgan fingerprint density at radius 2 is 2.30 bits per heavy atom.